The van der Waals surface area contributed by atoms with Crippen LogP contribution in [0.4, 0.5) is 5.69 Å². The molecule has 34 heavy (non-hydrogen) atoms. The molecule has 0 aliphatic carbocycles. The minimum absolute atomic E-state index is 0.000992. The molecule has 0 saturated carbocycles. The Kier molecular flexibility index (Phi) is 6.51. The number of carbonyl (C=O) groups excluding carboxylic acids is 1. The summed E-state index contributed by atoms with van der Waals surface area (Å²) in [6.45, 7) is 7.78. The predicted octanol–water partition coefficient (Wildman–Crippen LogP) is 5.73. The Bertz CT molecular complexity index is 1390. The highest BCUT2D eigenvalue weighted by atomic mass is 32.1. The van der Waals surface area contributed by atoms with Crippen LogP contribution in [0.3, 0.4) is 0 Å². The third-order valence-electron chi connectivity index (χ3n) is 5.00. The van der Waals surface area contributed by atoms with Crippen LogP contribution in [0.5, 0.6) is 11.5 Å². The second kappa shape index (κ2) is 9.52. The van der Waals surface area contributed by atoms with Crippen molar-refractivity contribution in [1.82, 2.24) is 10.3 Å². The zero-order valence-corrected chi connectivity index (χ0v) is 20.1. The smallest absolute Gasteiger partial charge is 0.257 e. The molecule has 0 unspecified atom stereocenters. The molecule has 0 aliphatic heterocycles. The maximum Gasteiger partial charge on any atom is 0.257 e. The molecule has 1 amide bonds. The van der Waals surface area contributed by atoms with Gasteiger partial charge in [-0.1, -0.05) is 12.1 Å². The zero-order chi connectivity index (χ0) is 24.4. The van der Waals surface area contributed by atoms with Crippen LogP contribution in [0.1, 0.15) is 35.3 Å². The van der Waals surface area contributed by atoms with Gasteiger partial charge in [0, 0.05) is 11.3 Å². The van der Waals surface area contributed by atoms with Crippen molar-refractivity contribution in [3.63, 3.8) is 0 Å². The van der Waals surface area contributed by atoms with E-state index >= 15 is 0 Å². The predicted molar refractivity (Wildman–Crippen MR) is 136 cm³/mol. The number of aromatic hydroxyl groups is 1. The maximum atomic E-state index is 12.6. The highest BCUT2D eigenvalue weighted by Crippen LogP contribution is 2.34. The molecule has 0 aliphatic rings. The highest BCUT2D eigenvalue weighted by molar-refractivity contribution is 7.80. The molecule has 8 heteroatoms. The lowest BCUT2D eigenvalue weighted by Gasteiger charge is -2.12. The van der Waals surface area contributed by atoms with Gasteiger partial charge in [-0.05, 0) is 93.5 Å². The van der Waals surface area contributed by atoms with Crippen LogP contribution in [0, 0.1) is 13.8 Å². The molecule has 0 atom stereocenters. The lowest BCUT2D eigenvalue weighted by atomic mass is 10.1. The largest absolute Gasteiger partial charge is 0.507 e. The van der Waals surface area contributed by atoms with Crippen LogP contribution in [-0.2, 0) is 0 Å². The summed E-state index contributed by atoms with van der Waals surface area (Å²) in [6.07, 6.45) is -0.000992. The number of benzene rings is 3. The van der Waals surface area contributed by atoms with Gasteiger partial charge in [-0.2, -0.15) is 0 Å². The van der Waals surface area contributed by atoms with Gasteiger partial charge in [0.15, 0.2) is 10.7 Å². The van der Waals surface area contributed by atoms with Gasteiger partial charge in [0.2, 0.25) is 5.89 Å². The molecular formula is C26H25N3O4S. The van der Waals surface area contributed by atoms with E-state index in [9.17, 15) is 9.90 Å². The molecule has 0 bridgehead atoms. The average molecular weight is 476 g/mol. The molecule has 4 rings (SSSR count). The molecule has 0 radical (unpaired) electrons. The minimum Gasteiger partial charge on any atom is -0.507 e. The van der Waals surface area contributed by atoms with E-state index in [1.54, 1.807) is 36.4 Å². The SMILES string of the molecule is Cc1cc(C)c2oc(-c3cc(NC(=S)NC(=O)c4cccc(OC(C)C)c4)ccc3O)nc2c1. The van der Waals surface area contributed by atoms with Crippen molar-refractivity contribution in [3.05, 3.63) is 71.3 Å². The number of amides is 1. The number of thiocarbonyl (C=S) groups is 1. The van der Waals surface area contributed by atoms with E-state index in [0.29, 0.717) is 34.0 Å². The highest BCUT2D eigenvalue weighted by Gasteiger charge is 2.16. The number of ether oxygens (including phenoxy) is 1. The van der Waals surface area contributed by atoms with Gasteiger partial charge < -0.3 is 19.6 Å². The van der Waals surface area contributed by atoms with Crippen molar-refractivity contribution in [2.45, 2.75) is 33.8 Å². The first-order valence-corrected chi connectivity index (χ1v) is 11.2. The summed E-state index contributed by atoms with van der Waals surface area (Å²) in [5.41, 5.74) is 4.82. The fourth-order valence-electron chi connectivity index (χ4n) is 3.60. The van der Waals surface area contributed by atoms with Gasteiger partial charge in [0.05, 0.1) is 11.7 Å². The van der Waals surface area contributed by atoms with Gasteiger partial charge in [0.25, 0.3) is 5.91 Å². The quantitative estimate of drug-likeness (QED) is 0.250. The number of carbonyl (C=O) groups is 1. The van der Waals surface area contributed by atoms with E-state index in [0.717, 1.165) is 16.6 Å². The number of hydrogen-bond donors (Lipinski definition) is 3. The fourth-order valence-corrected chi connectivity index (χ4v) is 3.81. The number of aromatic nitrogens is 1. The fraction of sp³-hybridized carbons (Fsp3) is 0.192. The number of phenols is 1. The summed E-state index contributed by atoms with van der Waals surface area (Å²) in [5, 5.41) is 16.2. The van der Waals surface area contributed by atoms with E-state index < -0.39 is 0 Å². The zero-order valence-electron chi connectivity index (χ0n) is 19.3. The summed E-state index contributed by atoms with van der Waals surface area (Å²) in [4.78, 5) is 17.2. The lowest BCUT2D eigenvalue weighted by Crippen LogP contribution is -2.34. The van der Waals surface area contributed by atoms with Gasteiger partial charge >= 0.3 is 0 Å². The van der Waals surface area contributed by atoms with Crippen LogP contribution in [0.15, 0.2) is 59.0 Å². The van der Waals surface area contributed by atoms with E-state index in [1.807, 2.05) is 39.8 Å². The van der Waals surface area contributed by atoms with Crippen molar-refractivity contribution in [3.8, 4) is 23.0 Å². The van der Waals surface area contributed by atoms with Crippen molar-refractivity contribution < 1.29 is 19.1 Å². The summed E-state index contributed by atoms with van der Waals surface area (Å²) >= 11 is 5.32. The Balaban J connectivity index is 1.51. The van der Waals surface area contributed by atoms with Crippen LogP contribution < -0.4 is 15.4 Å². The van der Waals surface area contributed by atoms with Crippen molar-refractivity contribution in [1.29, 1.82) is 0 Å². The molecule has 0 saturated heterocycles. The first kappa shape index (κ1) is 23.3. The molecule has 7 nitrogen and oxygen atoms in total. The molecule has 4 aromatic rings. The number of aryl methyl sites for hydroxylation is 2. The van der Waals surface area contributed by atoms with Crippen LogP contribution in [0.2, 0.25) is 0 Å². The van der Waals surface area contributed by atoms with Crippen molar-refractivity contribution in [2.24, 2.45) is 0 Å². The molecular weight excluding hydrogens is 450 g/mol. The Morgan fingerprint density at radius 2 is 1.91 bits per heavy atom. The minimum atomic E-state index is -0.365. The molecule has 3 N–H and O–H groups in total. The molecule has 1 heterocycles. The topological polar surface area (TPSA) is 96.6 Å². The van der Waals surface area contributed by atoms with Gasteiger partial charge in [-0.3, -0.25) is 10.1 Å². The van der Waals surface area contributed by atoms with Crippen LogP contribution in [-0.4, -0.2) is 27.2 Å². The van der Waals surface area contributed by atoms with E-state index in [4.69, 9.17) is 21.4 Å². The average Bonchev–Trinajstić information content (AvgIpc) is 3.19. The van der Waals surface area contributed by atoms with Crippen molar-refractivity contribution >= 4 is 40.0 Å². The van der Waals surface area contributed by atoms with Gasteiger partial charge in [-0.25, -0.2) is 4.98 Å². The summed E-state index contributed by atoms with van der Waals surface area (Å²) in [6, 6.07) is 15.7. The van der Waals surface area contributed by atoms with Crippen molar-refractivity contribution in [2.75, 3.05) is 5.32 Å². The Labute approximate surface area is 202 Å². The van der Waals surface area contributed by atoms with E-state index in [-0.39, 0.29) is 22.9 Å². The number of nitrogens with one attached hydrogen (secondary N) is 2. The number of hydrogen-bond acceptors (Lipinski definition) is 6. The van der Waals surface area contributed by atoms with E-state index in [1.165, 1.54) is 6.07 Å². The third-order valence-corrected chi connectivity index (χ3v) is 5.20. The molecule has 3 aromatic carbocycles. The standard InChI is InChI=1S/C26H25N3O4S/c1-14(2)32-19-7-5-6-17(12-19)24(31)29-26(34)27-18-8-9-22(30)20(13-18)25-28-21-11-15(3)10-16(4)23(21)33-25/h5-14,30H,1-4H3,(H2,27,29,31,34). The molecule has 0 fully saturated rings. The maximum absolute atomic E-state index is 12.6. The first-order valence-electron chi connectivity index (χ1n) is 10.8. The number of fused-ring (bicyclic) bond motifs is 1. The third kappa shape index (κ3) is 5.18. The number of rotatable bonds is 5. The molecule has 1 aromatic heterocycles. The number of oxazole rings is 1. The van der Waals surface area contributed by atoms with Crippen LogP contribution in [0.25, 0.3) is 22.6 Å². The Morgan fingerprint density at radius 3 is 2.68 bits per heavy atom. The van der Waals surface area contributed by atoms with Gasteiger partial charge in [0.1, 0.15) is 17.0 Å². The number of anilines is 1. The number of nitrogens with zero attached hydrogens (tertiary/aromatic N) is 1. The monoisotopic (exact) mass is 475 g/mol. The Morgan fingerprint density at radius 1 is 1.12 bits per heavy atom. The van der Waals surface area contributed by atoms with E-state index in [2.05, 4.69) is 15.6 Å². The van der Waals surface area contributed by atoms with Gasteiger partial charge in [-0.15, -0.1) is 0 Å². The molecule has 174 valence electrons. The Hall–Kier alpha value is -3.91. The first-order chi connectivity index (χ1) is 16.2. The summed E-state index contributed by atoms with van der Waals surface area (Å²) in [7, 11) is 0. The lowest BCUT2D eigenvalue weighted by molar-refractivity contribution is 0.0977. The normalized spacial score (nSPS) is 11.0. The molecule has 0 spiro atoms. The summed E-state index contributed by atoms with van der Waals surface area (Å²) < 4.78 is 11.6. The van der Waals surface area contributed by atoms with Crippen LogP contribution >= 0.6 is 12.2 Å². The number of phenolic OH excluding ortho intramolecular Hbond substituents is 1. The second-order valence-electron chi connectivity index (χ2n) is 8.28. The summed E-state index contributed by atoms with van der Waals surface area (Å²) in [5.74, 6) is 0.550. The second-order valence-corrected chi connectivity index (χ2v) is 8.69.